The summed E-state index contributed by atoms with van der Waals surface area (Å²) >= 11 is 0. The van der Waals surface area contributed by atoms with E-state index in [0.29, 0.717) is 24.6 Å². The molecule has 0 aliphatic rings. The van der Waals surface area contributed by atoms with Gasteiger partial charge in [-0.2, -0.15) is 0 Å². The number of phenols is 1. The predicted molar refractivity (Wildman–Crippen MR) is 73.8 cm³/mol. The van der Waals surface area contributed by atoms with E-state index in [1.54, 1.807) is 12.1 Å². The van der Waals surface area contributed by atoms with E-state index in [1.807, 2.05) is 13.8 Å². The van der Waals surface area contributed by atoms with Crippen molar-refractivity contribution in [3.05, 3.63) is 17.7 Å². The molecule has 0 radical (unpaired) electrons. The lowest BCUT2D eigenvalue weighted by Crippen LogP contribution is -2.30. The van der Waals surface area contributed by atoms with E-state index in [4.69, 9.17) is 9.47 Å². The maximum atomic E-state index is 9.79. The number of ether oxygens (including phenoxy) is 2. The monoisotopic (exact) mass is 269 g/mol. The summed E-state index contributed by atoms with van der Waals surface area (Å²) in [5, 5.41) is 22.6. The van der Waals surface area contributed by atoms with Gasteiger partial charge in [0.1, 0.15) is 0 Å². The van der Waals surface area contributed by atoms with Gasteiger partial charge in [-0.25, -0.2) is 0 Å². The van der Waals surface area contributed by atoms with Crippen molar-refractivity contribution < 1.29 is 19.7 Å². The number of benzene rings is 1. The van der Waals surface area contributed by atoms with Crippen molar-refractivity contribution in [2.24, 2.45) is 5.92 Å². The highest BCUT2D eigenvalue weighted by Crippen LogP contribution is 2.36. The van der Waals surface area contributed by atoms with Crippen molar-refractivity contribution in [3.8, 4) is 17.2 Å². The molecule has 1 aromatic carbocycles. The molecule has 0 aliphatic carbocycles. The van der Waals surface area contributed by atoms with Crippen LogP contribution in [-0.2, 0) is 6.54 Å². The predicted octanol–water partition coefficient (Wildman–Crippen LogP) is 1.52. The minimum Gasteiger partial charge on any atom is -0.502 e. The van der Waals surface area contributed by atoms with Gasteiger partial charge in [-0.15, -0.1) is 0 Å². The van der Waals surface area contributed by atoms with Gasteiger partial charge in [-0.05, 0) is 23.6 Å². The fraction of sp³-hybridized carbons (Fsp3) is 0.571. The molecule has 19 heavy (non-hydrogen) atoms. The Bertz CT molecular complexity index is 381. The van der Waals surface area contributed by atoms with Crippen LogP contribution in [0.3, 0.4) is 0 Å². The van der Waals surface area contributed by atoms with Crippen LogP contribution in [0.4, 0.5) is 0 Å². The zero-order chi connectivity index (χ0) is 14.4. The molecule has 0 bridgehead atoms. The second-order valence-electron chi connectivity index (χ2n) is 4.79. The largest absolute Gasteiger partial charge is 0.502 e. The van der Waals surface area contributed by atoms with E-state index in [1.165, 1.54) is 14.2 Å². The van der Waals surface area contributed by atoms with E-state index in [-0.39, 0.29) is 17.8 Å². The molecule has 0 aliphatic heterocycles. The van der Waals surface area contributed by atoms with E-state index in [9.17, 15) is 10.2 Å². The SMILES string of the molecule is COc1cc(CNCC(O)C(C)C)cc(OC)c1O. The Hall–Kier alpha value is -1.46. The number of hydrogen-bond donors (Lipinski definition) is 3. The zero-order valence-electron chi connectivity index (χ0n) is 11.9. The summed E-state index contributed by atoms with van der Waals surface area (Å²) in [6, 6.07) is 3.49. The summed E-state index contributed by atoms with van der Waals surface area (Å²) in [5.74, 6) is 0.966. The Morgan fingerprint density at radius 1 is 1.16 bits per heavy atom. The first-order chi connectivity index (χ1) is 8.99. The van der Waals surface area contributed by atoms with Crippen molar-refractivity contribution in [3.63, 3.8) is 0 Å². The van der Waals surface area contributed by atoms with Gasteiger partial charge in [-0.3, -0.25) is 0 Å². The fourth-order valence-corrected chi connectivity index (χ4v) is 1.65. The Balaban J connectivity index is 2.68. The average molecular weight is 269 g/mol. The van der Waals surface area contributed by atoms with Crippen molar-refractivity contribution in [1.82, 2.24) is 5.32 Å². The van der Waals surface area contributed by atoms with Gasteiger partial charge in [0.25, 0.3) is 0 Å². The number of nitrogens with one attached hydrogen (secondary N) is 1. The van der Waals surface area contributed by atoms with Gasteiger partial charge in [0.15, 0.2) is 11.5 Å². The Kier molecular flexibility index (Phi) is 5.92. The van der Waals surface area contributed by atoms with Crippen molar-refractivity contribution in [2.45, 2.75) is 26.5 Å². The first-order valence-corrected chi connectivity index (χ1v) is 6.32. The molecule has 1 aromatic rings. The number of aliphatic hydroxyl groups excluding tert-OH is 1. The molecule has 0 fully saturated rings. The van der Waals surface area contributed by atoms with Crippen LogP contribution in [0.5, 0.6) is 17.2 Å². The summed E-state index contributed by atoms with van der Waals surface area (Å²) < 4.78 is 10.2. The van der Waals surface area contributed by atoms with Gasteiger partial charge in [-0.1, -0.05) is 13.8 Å². The molecule has 0 heterocycles. The minimum atomic E-state index is -0.374. The molecule has 0 saturated carbocycles. The van der Waals surface area contributed by atoms with Crippen molar-refractivity contribution in [2.75, 3.05) is 20.8 Å². The van der Waals surface area contributed by atoms with Crippen molar-refractivity contribution in [1.29, 1.82) is 0 Å². The van der Waals surface area contributed by atoms with Gasteiger partial charge in [0.2, 0.25) is 5.75 Å². The summed E-state index contributed by atoms with van der Waals surface area (Å²) in [5.41, 5.74) is 0.919. The Morgan fingerprint density at radius 3 is 2.11 bits per heavy atom. The Morgan fingerprint density at radius 2 is 1.68 bits per heavy atom. The molecular formula is C14H23NO4. The van der Waals surface area contributed by atoms with E-state index in [2.05, 4.69) is 5.32 Å². The number of methoxy groups -OCH3 is 2. The number of aromatic hydroxyl groups is 1. The highest BCUT2D eigenvalue weighted by molar-refractivity contribution is 5.52. The van der Waals surface area contributed by atoms with Crippen LogP contribution in [0, 0.1) is 5.92 Å². The topological polar surface area (TPSA) is 71.0 Å². The normalized spacial score (nSPS) is 12.5. The number of rotatable bonds is 7. The highest BCUT2D eigenvalue weighted by Gasteiger charge is 2.12. The van der Waals surface area contributed by atoms with Gasteiger partial charge >= 0.3 is 0 Å². The van der Waals surface area contributed by atoms with Crippen LogP contribution in [0.2, 0.25) is 0 Å². The lowest BCUT2D eigenvalue weighted by molar-refractivity contribution is 0.123. The maximum absolute atomic E-state index is 9.79. The molecule has 108 valence electrons. The van der Waals surface area contributed by atoms with Gasteiger partial charge in [0, 0.05) is 13.1 Å². The lowest BCUT2D eigenvalue weighted by Gasteiger charge is -2.16. The van der Waals surface area contributed by atoms with Crippen LogP contribution in [0.1, 0.15) is 19.4 Å². The molecule has 1 unspecified atom stereocenters. The molecular weight excluding hydrogens is 246 g/mol. The molecule has 5 heteroatoms. The third-order valence-corrected chi connectivity index (χ3v) is 2.99. The number of phenolic OH excluding ortho intramolecular Hbond substituents is 1. The van der Waals surface area contributed by atoms with E-state index in [0.717, 1.165) is 5.56 Å². The number of hydrogen-bond acceptors (Lipinski definition) is 5. The first kappa shape index (κ1) is 15.6. The van der Waals surface area contributed by atoms with Crippen LogP contribution in [-0.4, -0.2) is 37.1 Å². The van der Waals surface area contributed by atoms with E-state index < -0.39 is 0 Å². The molecule has 0 amide bonds. The average Bonchev–Trinajstić information content (AvgIpc) is 2.39. The highest BCUT2D eigenvalue weighted by atomic mass is 16.5. The Labute approximate surface area is 114 Å². The van der Waals surface area contributed by atoms with Gasteiger partial charge in [0.05, 0.1) is 20.3 Å². The summed E-state index contributed by atoms with van der Waals surface area (Å²) in [4.78, 5) is 0. The van der Waals surface area contributed by atoms with Crippen LogP contribution in [0.15, 0.2) is 12.1 Å². The minimum absolute atomic E-state index is 0.00374. The summed E-state index contributed by atoms with van der Waals surface area (Å²) in [6.07, 6.45) is -0.374. The third kappa shape index (κ3) is 4.29. The number of aliphatic hydroxyl groups is 1. The summed E-state index contributed by atoms with van der Waals surface area (Å²) in [7, 11) is 2.99. The maximum Gasteiger partial charge on any atom is 0.200 e. The lowest BCUT2D eigenvalue weighted by atomic mass is 10.1. The molecule has 0 aromatic heterocycles. The second kappa shape index (κ2) is 7.21. The van der Waals surface area contributed by atoms with Crippen LogP contribution in [0.25, 0.3) is 0 Å². The fourth-order valence-electron chi connectivity index (χ4n) is 1.65. The second-order valence-corrected chi connectivity index (χ2v) is 4.79. The first-order valence-electron chi connectivity index (χ1n) is 6.32. The summed E-state index contributed by atoms with van der Waals surface area (Å²) in [6.45, 7) is 5.03. The molecule has 0 saturated heterocycles. The molecule has 5 nitrogen and oxygen atoms in total. The van der Waals surface area contributed by atoms with Crippen LogP contribution >= 0.6 is 0 Å². The zero-order valence-corrected chi connectivity index (χ0v) is 11.9. The standard InChI is InChI=1S/C14H23NO4/c1-9(2)11(16)8-15-7-10-5-12(18-3)14(17)13(6-10)19-4/h5-6,9,11,15-17H,7-8H2,1-4H3. The van der Waals surface area contributed by atoms with Crippen LogP contribution < -0.4 is 14.8 Å². The molecule has 0 spiro atoms. The van der Waals surface area contributed by atoms with Crippen molar-refractivity contribution >= 4 is 0 Å². The van der Waals surface area contributed by atoms with Gasteiger partial charge < -0.3 is 25.0 Å². The molecule has 3 N–H and O–H groups in total. The smallest absolute Gasteiger partial charge is 0.200 e. The molecule has 1 atom stereocenters. The third-order valence-electron chi connectivity index (χ3n) is 2.99. The molecule has 1 rings (SSSR count). The quantitative estimate of drug-likeness (QED) is 0.700. The van der Waals surface area contributed by atoms with E-state index >= 15 is 0 Å².